The average Bonchev–Trinajstić information content (AvgIpc) is 2.88. The number of thiocarbonyl (C=S) groups is 1. The van der Waals surface area contributed by atoms with Gasteiger partial charge in [-0.15, -0.1) is 11.3 Å². The third-order valence-corrected chi connectivity index (χ3v) is 5.46. The summed E-state index contributed by atoms with van der Waals surface area (Å²) in [5.41, 5.74) is 5.44. The Morgan fingerprint density at radius 1 is 1.50 bits per heavy atom. The highest BCUT2D eigenvalue weighted by Gasteiger charge is 2.18. The molecule has 0 aliphatic carbocycles. The van der Waals surface area contributed by atoms with Gasteiger partial charge in [0.15, 0.2) is 0 Å². The third kappa shape index (κ3) is 2.52. The Labute approximate surface area is 113 Å². The minimum absolute atomic E-state index is 0.159. The fourth-order valence-corrected chi connectivity index (χ4v) is 3.70. The number of rotatable bonds is 4. The van der Waals surface area contributed by atoms with E-state index >= 15 is 0 Å². The highest BCUT2D eigenvalue weighted by molar-refractivity contribution is 7.94. The van der Waals surface area contributed by atoms with Crippen molar-refractivity contribution >= 4 is 44.4 Å². The quantitative estimate of drug-likeness (QED) is 0.820. The lowest BCUT2D eigenvalue weighted by atomic mass is 10.5. The van der Waals surface area contributed by atoms with Crippen molar-refractivity contribution in [3.8, 4) is 0 Å². The molecule has 0 radical (unpaired) electrons. The van der Waals surface area contributed by atoms with Crippen molar-refractivity contribution in [2.24, 2.45) is 12.8 Å². The number of nitrogens with zero attached hydrogens (tertiary/aromatic N) is 2. The Balaban J connectivity index is 2.31. The van der Waals surface area contributed by atoms with Crippen LogP contribution in [0.4, 0.5) is 5.82 Å². The average molecular weight is 302 g/mol. The summed E-state index contributed by atoms with van der Waals surface area (Å²) in [5, 5.41) is 3.88. The van der Waals surface area contributed by atoms with Crippen LogP contribution in [-0.4, -0.2) is 23.2 Å². The molecule has 0 bridgehead atoms. The van der Waals surface area contributed by atoms with Crippen molar-refractivity contribution < 1.29 is 8.42 Å². The van der Waals surface area contributed by atoms with Gasteiger partial charge in [0.1, 0.15) is 15.0 Å². The predicted molar refractivity (Wildman–Crippen MR) is 74.2 cm³/mol. The summed E-state index contributed by atoms with van der Waals surface area (Å²) in [4.78, 5) is 0.748. The Kier molecular flexibility index (Phi) is 3.37. The van der Waals surface area contributed by atoms with Gasteiger partial charge in [-0.25, -0.2) is 8.42 Å². The van der Waals surface area contributed by atoms with E-state index in [9.17, 15) is 8.42 Å². The lowest BCUT2D eigenvalue weighted by molar-refractivity contribution is 0.602. The van der Waals surface area contributed by atoms with E-state index in [1.807, 2.05) is 0 Å². The Morgan fingerprint density at radius 2 is 2.22 bits per heavy atom. The first kappa shape index (κ1) is 13.0. The summed E-state index contributed by atoms with van der Waals surface area (Å²) in [7, 11) is -1.98. The Hall–Kier alpha value is -1.45. The van der Waals surface area contributed by atoms with Gasteiger partial charge in [0.05, 0.1) is 11.1 Å². The molecule has 6 nitrogen and oxygen atoms in total. The summed E-state index contributed by atoms with van der Waals surface area (Å²) in [6, 6.07) is 4.63. The number of aromatic nitrogens is 2. The minimum Gasteiger partial charge on any atom is -0.389 e. The molecule has 18 heavy (non-hydrogen) atoms. The summed E-state index contributed by atoms with van der Waals surface area (Å²) in [5.74, 6) is 0.389. The van der Waals surface area contributed by atoms with Crippen molar-refractivity contribution in [2.75, 3.05) is 4.72 Å². The number of thiophene rings is 1. The van der Waals surface area contributed by atoms with E-state index < -0.39 is 10.0 Å². The second-order valence-electron chi connectivity index (χ2n) is 3.43. The molecule has 0 fully saturated rings. The van der Waals surface area contributed by atoms with E-state index in [2.05, 4.69) is 9.82 Å². The molecule has 3 N–H and O–H groups in total. The molecule has 0 aliphatic rings. The molecule has 0 amide bonds. The third-order valence-electron chi connectivity index (χ3n) is 2.15. The van der Waals surface area contributed by atoms with E-state index in [0.29, 0.717) is 10.7 Å². The Morgan fingerprint density at radius 3 is 2.72 bits per heavy atom. The van der Waals surface area contributed by atoms with Crippen LogP contribution in [0.3, 0.4) is 0 Å². The maximum Gasteiger partial charge on any atom is 0.272 e. The Bertz CT molecular complexity index is 686. The number of nitrogens with two attached hydrogens (primary N) is 1. The number of aryl methyl sites for hydroxylation is 1. The fourth-order valence-electron chi connectivity index (χ4n) is 1.26. The number of hydrogen-bond donors (Lipinski definition) is 2. The zero-order valence-corrected chi connectivity index (χ0v) is 11.8. The van der Waals surface area contributed by atoms with Crippen molar-refractivity contribution in [1.29, 1.82) is 0 Å². The minimum atomic E-state index is -3.63. The second kappa shape index (κ2) is 4.67. The van der Waals surface area contributed by atoms with Gasteiger partial charge >= 0.3 is 0 Å². The monoisotopic (exact) mass is 302 g/mol. The second-order valence-corrected chi connectivity index (χ2v) is 6.86. The van der Waals surface area contributed by atoms with Gasteiger partial charge in [-0.1, -0.05) is 12.2 Å². The topological polar surface area (TPSA) is 90.0 Å². The standard InChI is InChI=1S/C9H10N4O2S3/c1-13-7(4-5-11-13)12-18(14,15)8-3-2-6(17-8)9(10)16/h2-5,12H,1H3,(H2,10,16). The van der Waals surface area contributed by atoms with Crippen LogP contribution in [0, 0.1) is 0 Å². The molecule has 9 heteroatoms. The molecule has 96 valence electrons. The normalized spacial score (nSPS) is 11.4. The first-order valence-electron chi connectivity index (χ1n) is 4.80. The lowest BCUT2D eigenvalue weighted by Gasteiger charge is -2.05. The van der Waals surface area contributed by atoms with Crippen molar-refractivity contribution in [2.45, 2.75) is 4.21 Å². The first-order valence-corrected chi connectivity index (χ1v) is 7.51. The molecule has 2 rings (SSSR count). The van der Waals surface area contributed by atoms with Crippen LogP contribution in [0.2, 0.25) is 0 Å². The molecular formula is C9H10N4O2S3. The maximum atomic E-state index is 12.1. The fraction of sp³-hybridized carbons (Fsp3) is 0.111. The molecule has 2 aromatic rings. The molecule has 0 aromatic carbocycles. The van der Waals surface area contributed by atoms with Crippen LogP contribution in [-0.2, 0) is 17.1 Å². The summed E-state index contributed by atoms with van der Waals surface area (Å²) < 4.78 is 28.1. The molecule has 0 saturated heterocycles. The molecular weight excluding hydrogens is 292 g/mol. The van der Waals surface area contributed by atoms with E-state index in [1.54, 1.807) is 19.2 Å². The zero-order valence-electron chi connectivity index (χ0n) is 9.32. The van der Waals surface area contributed by atoms with E-state index in [0.717, 1.165) is 11.3 Å². The van der Waals surface area contributed by atoms with E-state index in [1.165, 1.54) is 16.9 Å². The van der Waals surface area contributed by atoms with Gasteiger partial charge in [-0.2, -0.15) is 5.10 Å². The first-order chi connectivity index (χ1) is 8.40. The van der Waals surface area contributed by atoms with Crippen LogP contribution in [0.25, 0.3) is 0 Å². The van der Waals surface area contributed by atoms with E-state index in [-0.39, 0.29) is 9.20 Å². The van der Waals surface area contributed by atoms with Gasteiger partial charge in [0, 0.05) is 13.1 Å². The maximum absolute atomic E-state index is 12.1. The van der Waals surface area contributed by atoms with Crippen molar-refractivity contribution in [1.82, 2.24) is 9.78 Å². The smallest absolute Gasteiger partial charge is 0.272 e. The van der Waals surface area contributed by atoms with Crippen molar-refractivity contribution in [3.63, 3.8) is 0 Å². The molecule has 2 heterocycles. The van der Waals surface area contributed by atoms with Crippen LogP contribution in [0.5, 0.6) is 0 Å². The number of sulfonamides is 1. The van der Waals surface area contributed by atoms with Gasteiger partial charge < -0.3 is 5.73 Å². The van der Waals surface area contributed by atoms with Crippen molar-refractivity contribution in [3.05, 3.63) is 29.3 Å². The summed E-state index contributed by atoms with van der Waals surface area (Å²) in [6.07, 6.45) is 1.51. The molecule has 0 spiro atoms. The van der Waals surface area contributed by atoms with E-state index in [4.69, 9.17) is 18.0 Å². The van der Waals surface area contributed by atoms with Gasteiger partial charge in [0.2, 0.25) is 0 Å². The molecule has 0 saturated carbocycles. The van der Waals surface area contributed by atoms with Crippen LogP contribution >= 0.6 is 23.6 Å². The SMILES string of the molecule is Cn1nccc1NS(=O)(=O)c1ccc(C(N)=S)s1. The highest BCUT2D eigenvalue weighted by Crippen LogP contribution is 2.23. The number of nitrogens with one attached hydrogen (secondary N) is 1. The van der Waals surface area contributed by atoms with Crippen LogP contribution in [0.15, 0.2) is 28.6 Å². The molecule has 0 aliphatic heterocycles. The zero-order chi connectivity index (χ0) is 13.3. The van der Waals surface area contributed by atoms with Gasteiger partial charge in [-0.05, 0) is 12.1 Å². The molecule has 2 aromatic heterocycles. The molecule has 0 unspecified atom stereocenters. The summed E-state index contributed by atoms with van der Waals surface area (Å²) >= 11 is 5.82. The van der Waals surface area contributed by atoms with Crippen LogP contribution < -0.4 is 10.5 Å². The van der Waals surface area contributed by atoms with Gasteiger partial charge in [0.25, 0.3) is 10.0 Å². The number of anilines is 1. The molecule has 0 atom stereocenters. The predicted octanol–water partition coefficient (Wildman–Crippen LogP) is 0.917. The largest absolute Gasteiger partial charge is 0.389 e. The number of hydrogen-bond acceptors (Lipinski definition) is 5. The summed E-state index contributed by atoms with van der Waals surface area (Å²) in [6.45, 7) is 0. The van der Waals surface area contributed by atoms with Crippen LogP contribution in [0.1, 0.15) is 4.88 Å². The lowest BCUT2D eigenvalue weighted by Crippen LogP contribution is -2.14. The highest BCUT2D eigenvalue weighted by atomic mass is 32.2. The van der Waals surface area contributed by atoms with Gasteiger partial charge in [-0.3, -0.25) is 9.40 Å².